The standard InChI is InChI=1S/C19H19BrN2O3/c20-15-7-4-6-14(12-15)18(23)21-17(13-16-8-5-11-25-16)19(24)22-9-2-1-3-10-22/h4-8,11-13H,1-3,9-10H2,(H,21,23)/b17-13+. The van der Waals surface area contributed by atoms with Gasteiger partial charge in [0.15, 0.2) is 0 Å². The largest absolute Gasteiger partial charge is 0.465 e. The Morgan fingerprint density at radius 1 is 1.12 bits per heavy atom. The predicted molar refractivity (Wildman–Crippen MR) is 98.7 cm³/mol. The maximum absolute atomic E-state index is 12.9. The van der Waals surface area contributed by atoms with Gasteiger partial charge in [0.2, 0.25) is 0 Å². The molecule has 1 aromatic carbocycles. The monoisotopic (exact) mass is 402 g/mol. The first-order chi connectivity index (χ1) is 12.1. The summed E-state index contributed by atoms with van der Waals surface area (Å²) >= 11 is 3.35. The minimum Gasteiger partial charge on any atom is -0.465 e. The number of hydrogen-bond acceptors (Lipinski definition) is 3. The van der Waals surface area contributed by atoms with Gasteiger partial charge in [0.1, 0.15) is 11.5 Å². The van der Waals surface area contributed by atoms with Crippen molar-refractivity contribution in [2.75, 3.05) is 13.1 Å². The summed E-state index contributed by atoms with van der Waals surface area (Å²) in [4.78, 5) is 27.2. The van der Waals surface area contributed by atoms with Gasteiger partial charge in [-0.05, 0) is 49.6 Å². The Balaban J connectivity index is 1.83. The minimum atomic E-state index is -0.329. The van der Waals surface area contributed by atoms with Crippen LogP contribution in [0.5, 0.6) is 0 Å². The number of amides is 2. The third-order valence-electron chi connectivity index (χ3n) is 4.04. The average Bonchev–Trinajstić information content (AvgIpc) is 3.14. The van der Waals surface area contributed by atoms with Gasteiger partial charge in [0.05, 0.1) is 6.26 Å². The third-order valence-corrected chi connectivity index (χ3v) is 4.53. The molecule has 0 saturated carbocycles. The van der Waals surface area contributed by atoms with Crippen LogP contribution in [-0.2, 0) is 4.79 Å². The van der Waals surface area contributed by atoms with E-state index in [0.29, 0.717) is 24.4 Å². The lowest BCUT2D eigenvalue weighted by molar-refractivity contribution is -0.128. The van der Waals surface area contributed by atoms with Gasteiger partial charge in [-0.2, -0.15) is 0 Å². The van der Waals surface area contributed by atoms with E-state index in [-0.39, 0.29) is 17.5 Å². The van der Waals surface area contributed by atoms with Crippen molar-refractivity contribution in [3.63, 3.8) is 0 Å². The number of nitrogens with one attached hydrogen (secondary N) is 1. The highest BCUT2D eigenvalue weighted by Crippen LogP contribution is 2.16. The molecule has 1 aliphatic heterocycles. The SMILES string of the molecule is O=C(N/C(=C/c1ccco1)C(=O)N1CCCCC1)c1cccc(Br)c1. The van der Waals surface area contributed by atoms with E-state index in [1.165, 1.54) is 6.26 Å². The molecule has 1 N–H and O–H groups in total. The summed E-state index contributed by atoms with van der Waals surface area (Å²) in [6, 6.07) is 10.5. The molecule has 1 saturated heterocycles. The van der Waals surface area contributed by atoms with E-state index in [1.54, 1.807) is 41.3 Å². The van der Waals surface area contributed by atoms with Crippen molar-refractivity contribution in [2.24, 2.45) is 0 Å². The second-order valence-electron chi connectivity index (χ2n) is 5.89. The summed E-state index contributed by atoms with van der Waals surface area (Å²) in [6.07, 6.45) is 6.21. The molecule has 6 heteroatoms. The van der Waals surface area contributed by atoms with E-state index >= 15 is 0 Å². The highest BCUT2D eigenvalue weighted by atomic mass is 79.9. The number of rotatable bonds is 4. The fraction of sp³-hybridized carbons (Fsp3) is 0.263. The number of furan rings is 1. The molecule has 1 fully saturated rings. The highest BCUT2D eigenvalue weighted by molar-refractivity contribution is 9.10. The summed E-state index contributed by atoms with van der Waals surface area (Å²) < 4.78 is 6.11. The van der Waals surface area contributed by atoms with Gasteiger partial charge in [-0.25, -0.2) is 0 Å². The Kier molecular flexibility index (Phi) is 5.71. The lowest BCUT2D eigenvalue weighted by atomic mass is 10.1. The zero-order valence-electron chi connectivity index (χ0n) is 13.7. The summed E-state index contributed by atoms with van der Waals surface area (Å²) in [5.74, 6) is 0.0128. The topological polar surface area (TPSA) is 62.6 Å². The van der Waals surface area contributed by atoms with Crippen molar-refractivity contribution in [1.29, 1.82) is 0 Å². The predicted octanol–water partition coefficient (Wildman–Crippen LogP) is 3.83. The molecular formula is C19H19BrN2O3. The molecule has 0 spiro atoms. The number of likely N-dealkylation sites (tertiary alicyclic amines) is 1. The van der Waals surface area contributed by atoms with Crippen LogP contribution in [0.4, 0.5) is 0 Å². The van der Waals surface area contributed by atoms with E-state index in [1.807, 2.05) is 6.07 Å². The van der Waals surface area contributed by atoms with Gasteiger partial charge < -0.3 is 14.6 Å². The van der Waals surface area contributed by atoms with Gasteiger partial charge >= 0.3 is 0 Å². The van der Waals surface area contributed by atoms with Crippen molar-refractivity contribution in [2.45, 2.75) is 19.3 Å². The van der Waals surface area contributed by atoms with E-state index in [4.69, 9.17) is 4.42 Å². The van der Waals surface area contributed by atoms with Crippen molar-refractivity contribution >= 4 is 33.8 Å². The Labute approximate surface area is 154 Å². The molecule has 5 nitrogen and oxygen atoms in total. The molecule has 0 unspecified atom stereocenters. The van der Waals surface area contributed by atoms with E-state index in [2.05, 4.69) is 21.2 Å². The fourth-order valence-electron chi connectivity index (χ4n) is 2.76. The van der Waals surface area contributed by atoms with Crippen molar-refractivity contribution in [1.82, 2.24) is 10.2 Å². The lowest BCUT2D eigenvalue weighted by Crippen LogP contribution is -2.41. The first kappa shape index (κ1) is 17.5. The van der Waals surface area contributed by atoms with Crippen LogP contribution in [0.3, 0.4) is 0 Å². The van der Waals surface area contributed by atoms with Crippen LogP contribution in [0.2, 0.25) is 0 Å². The molecule has 1 aliphatic rings. The number of carbonyl (C=O) groups excluding carboxylic acids is 2. The zero-order valence-corrected chi connectivity index (χ0v) is 15.3. The molecule has 0 aliphatic carbocycles. The first-order valence-electron chi connectivity index (χ1n) is 8.25. The summed E-state index contributed by atoms with van der Waals surface area (Å²) in [7, 11) is 0. The number of halogens is 1. The maximum atomic E-state index is 12.9. The molecule has 25 heavy (non-hydrogen) atoms. The van der Waals surface area contributed by atoms with Crippen molar-refractivity contribution < 1.29 is 14.0 Å². The number of nitrogens with zero attached hydrogens (tertiary/aromatic N) is 1. The Morgan fingerprint density at radius 2 is 1.92 bits per heavy atom. The molecule has 0 bridgehead atoms. The Hall–Kier alpha value is -2.34. The quantitative estimate of drug-likeness (QED) is 0.790. The number of carbonyl (C=O) groups is 2. The fourth-order valence-corrected chi connectivity index (χ4v) is 3.16. The Morgan fingerprint density at radius 3 is 2.60 bits per heavy atom. The molecule has 0 atom stereocenters. The normalized spacial score (nSPS) is 15.1. The Bertz CT molecular complexity index is 778. The molecule has 2 heterocycles. The molecule has 0 radical (unpaired) electrons. The third kappa shape index (κ3) is 4.60. The molecule has 3 rings (SSSR count). The summed E-state index contributed by atoms with van der Waals surface area (Å²) in [6.45, 7) is 1.42. The molecule has 2 amide bonds. The number of piperidine rings is 1. The van der Waals surface area contributed by atoms with Gasteiger partial charge in [-0.3, -0.25) is 9.59 Å². The zero-order chi connectivity index (χ0) is 17.6. The van der Waals surface area contributed by atoms with Crippen LogP contribution in [0.15, 0.2) is 57.2 Å². The minimum absolute atomic E-state index is 0.181. The molecule has 130 valence electrons. The van der Waals surface area contributed by atoms with Crippen LogP contribution in [0.1, 0.15) is 35.4 Å². The van der Waals surface area contributed by atoms with Gasteiger partial charge in [0.25, 0.3) is 11.8 Å². The highest BCUT2D eigenvalue weighted by Gasteiger charge is 2.22. The maximum Gasteiger partial charge on any atom is 0.270 e. The first-order valence-corrected chi connectivity index (χ1v) is 9.04. The summed E-state index contributed by atoms with van der Waals surface area (Å²) in [5.41, 5.74) is 0.702. The van der Waals surface area contributed by atoms with Crippen LogP contribution in [0, 0.1) is 0 Å². The van der Waals surface area contributed by atoms with E-state index < -0.39 is 0 Å². The summed E-state index contributed by atoms with van der Waals surface area (Å²) in [5, 5.41) is 2.75. The van der Waals surface area contributed by atoms with Gasteiger partial charge in [-0.1, -0.05) is 22.0 Å². The van der Waals surface area contributed by atoms with Gasteiger partial charge in [-0.15, -0.1) is 0 Å². The van der Waals surface area contributed by atoms with E-state index in [0.717, 1.165) is 23.7 Å². The van der Waals surface area contributed by atoms with Crippen LogP contribution >= 0.6 is 15.9 Å². The molecule has 1 aromatic heterocycles. The van der Waals surface area contributed by atoms with Crippen LogP contribution in [-0.4, -0.2) is 29.8 Å². The second kappa shape index (κ2) is 8.16. The van der Waals surface area contributed by atoms with Crippen molar-refractivity contribution in [3.8, 4) is 0 Å². The number of hydrogen-bond donors (Lipinski definition) is 1. The molecular weight excluding hydrogens is 384 g/mol. The smallest absolute Gasteiger partial charge is 0.270 e. The van der Waals surface area contributed by atoms with Crippen molar-refractivity contribution in [3.05, 3.63) is 64.2 Å². The number of benzene rings is 1. The van der Waals surface area contributed by atoms with Crippen LogP contribution < -0.4 is 5.32 Å². The second-order valence-corrected chi connectivity index (χ2v) is 6.81. The lowest BCUT2D eigenvalue weighted by Gasteiger charge is -2.27. The average molecular weight is 403 g/mol. The molecule has 2 aromatic rings. The van der Waals surface area contributed by atoms with Gasteiger partial charge in [0, 0.05) is 29.2 Å². The van der Waals surface area contributed by atoms with E-state index in [9.17, 15) is 9.59 Å². The van der Waals surface area contributed by atoms with Crippen LogP contribution in [0.25, 0.3) is 6.08 Å².